The van der Waals surface area contributed by atoms with Crippen molar-refractivity contribution in [1.29, 1.82) is 0 Å². The lowest BCUT2D eigenvalue weighted by molar-refractivity contribution is 0.670. The van der Waals surface area contributed by atoms with Crippen molar-refractivity contribution < 1.29 is 4.42 Å². The van der Waals surface area contributed by atoms with Crippen LogP contribution < -0.4 is 0 Å². The summed E-state index contributed by atoms with van der Waals surface area (Å²) in [6.07, 6.45) is 1.94. The van der Waals surface area contributed by atoms with E-state index in [4.69, 9.17) is 14.4 Å². The molecule has 61 heavy (non-hydrogen) atoms. The van der Waals surface area contributed by atoms with E-state index in [-0.39, 0.29) is 0 Å². The van der Waals surface area contributed by atoms with Gasteiger partial charge in [-0.05, 0) is 101 Å². The van der Waals surface area contributed by atoms with Crippen LogP contribution in [0.25, 0.3) is 131 Å². The molecule has 2 aromatic heterocycles. The topological polar surface area (TPSA) is 38.9 Å². The first-order valence-electron chi connectivity index (χ1n) is 20.8. The molecule has 0 radical (unpaired) electrons. The van der Waals surface area contributed by atoms with Gasteiger partial charge in [-0.3, -0.25) is 4.98 Å². The molecule has 0 N–H and O–H groups in total. The molecule has 3 heteroatoms. The van der Waals surface area contributed by atoms with Crippen LogP contribution >= 0.6 is 0 Å². The van der Waals surface area contributed by atoms with Crippen LogP contribution in [0.1, 0.15) is 0 Å². The van der Waals surface area contributed by atoms with Gasteiger partial charge in [0, 0.05) is 32.7 Å². The molecule has 0 amide bonds. The predicted molar refractivity (Wildman–Crippen MR) is 256 cm³/mol. The highest BCUT2D eigenvalue weighted by atomic mass is 16.3. The fourth-order valence-corrected chi connectivity index (χ4v) is 9.78. The summed E-state index contributed by atoms with van der Waals surface area (Å²) in [7, 11) is 0. The number of furan rings is 1. The van der Waals surface area contributed by atoms with Crippen molar-refractivity contribution in [3.8, 4) is 44.6 Å². The van der Waals surface area contributed by atoms with Gasteiger partial charge >= 0.3 is 0 Å². The summed E-state index contributed by atoms with van der Waals surface area (Å²) in [5, 5.41) is 14.0. The molecule has 0 saturated heterocycles. The van der Waals surface area contributed by atoms with Crippen LogP contribution in [0.5, 0.6) is 0 Å². The first-order chi connectivity index (χ1) is 30.2. The molecule has 0 aliphatic carbocycles. The van der Waals surface area contributed by atoms with Crippen LogP contribution in [0.3, 0.4) is 0 Å². The van der Waals surface area contributed by atoms with Gasteiger partial charge in [0.25, 0.3) is 0 Å². The fraction of sp³-hybridized carbons (Fsp3) is 0. The average molecular weight is 775 g/mol. The third kappa shape index (κ3) is 5.24. The zero-order valence-corrected chi connectivity index (χ0v) is 32.9. The molecule has 11 aromatic carbocycles. The number of aromatic nitrogens is 2. The molecule has 0 aliphatic heterocycles. The molecule has 13 aromatic rings. The van der Waals surface area contributed by atoms with E-state index in [1.54, 1.807) is 0 Å². The molecule has 0 atom stereocenters. The van der Waals surface area contributed by atoms with Crippen LogP contribution in [0.15, 0.2) is 211 Å². The standard InChI is InChI=1S/C58H34N2O/c1-4-19-42-35(12-1)15-10-23-44(42)39-26-28-47-51(32-39)52-33-40(45-24-11-16-36-13-2-5-20-43(36)45)27-29-48(52)57-56(47)59-34-53(60-57)41-18-9-17-37(30-41)50-31-38-14-3-6-21-46(38)55-49-22-7-8-25-54(49)61-58(50)55/h1-34H. The monoisotopic (exact) mass is 774 g/mol. The maximum Gasteiger partial charge on any atom is 0.143 e. The molecule has 0 saturated carbocycles. The minimum Gasteiger partial charge on any atom is -0.455 e. The summed E-state index contributed by atoms with van der Waals surface area (Å²) in [5.74, 6) is 0. The molecule has 282 valence electrons. The molecular weight excluding hydrogens is 741 g/mol. The lowest BCUT2D eigenvalue weighted by atomic mass is 9.91. The van der Waals surface area contributed by atoms with Gasteiger partial charge in [-0.2, -0.15) is 0 Å². The van der Waals surface area contributed by atoms with Crippen LogP contribution in [0, 0.1) is 0 Å². The van der Waals surface area contributed by atoms with Gasteiger partial charge < -0.3 is 4.42 Å². The molecule has 0 fully saturated rings. The Balaban J connectivity index is 1.03. The Morgan fingerprint density at radius 1 is 0.328 bits per heavy atom. The van der Waals surface area contributed by atoms with Gasteiger partial charge in [-0.1, -0.05) is 170 Å². The van der Waals surface area contributed by atoms with Gasteiger partial charge in [-0.15, -0.1) is 0 Å². The summed E-state index contributed by atoms with van der Waals surface area (Å²) in [5.41, 5.74) is 12.3. The van der Waals surface area contributed by atoms with E-state index >= 15 is 0 Å². The van der Waals surface area contributed by atoms with Gasteiger partial charge in [0.2, 0.25) is 0 Å². The number of rotatable bonds is 4. The van der Waals surface area contributed by atoms with E-state index in [1.807, 2.05) is 12.3 Å². The SMILES string of the molecule is c1cc(-c2cnc3c4ccc(-c5cccc6ccccc56)cc4c4cc(-c5cccc6ccccc56)ccc4c3n2)cc(-c2cc3ccccc3c3c2oc2ccccc23)c1. The van der Waals surface area contributed by atoms with Crippen LogP contribution in [0.2, 0.25) is 0 Å². The number of para-hydroxylation sites is 1. The second-order valence-corrected chi connectivity index (χ2v) is 16.1. The summed E-state index contributed by atoms with van der Waals surface area (Å²) >= 11 is 0. The molecule has 3 nitrogen and oxygen atoms in total. The van der Waals surface area contributed by atoms with Crippen LogP contribution in [-0.4, -0.2) is 9.97 Å². The molecule has 0 spiro atoms. The lowest BCUT2D eigenvalue weighted by Crippen LogP contribution is -1.94. The summed E-state index contributed by atoms with van der Waals surface area (Å²) in [4.78, 5) is 10.7. The van der Waals surface area contributed by atoms with Gasteiger partial charge in [-0.25, -0.2) is 4.98 Å². The lowest BCUT2D eigenvalue weighted by Gasteiger charge is -2.15. The first-order valence-corrected chi connectivity index (χ1v) is 20.8. The van der Waals surface area contributed by atoms with Crippen molar-refractivity contribution in [1.82, 2.24) is 9.97 Å². The number of benzene rings is 11. The minimum absolute atomic E-state index is 0.821. The van der Waals surface area contributed by atoms with Crippen molar-refractivity contribution in [2.45, 2.75) is 0 Å². The Morgan fingerprint density at radius 2 is 0.869 bits per heavy atom. The van der Waals surface area contributed by atoms with Gasteiger partial charge in [0.1, 0.15) is 11.2 Å². The Bertz CT molecular complexity index is 3940. The zero-order chi connectivity index (χ0) is 40.0. The molecule has 0 unspecified atom stereocenters. The number of hydrogen-bond donors (Lipinski definition) is 0. The van der Waals surface area contributed by atoms with Gasteiger partial charge in [0.15, 0.2) is 0 Å². The molecule has 13 rings (SSSR count). The quantitative estimate of drug-likeness (QED) is 0.167. The fourth-order valence-electron chi connectivity index (χ4n) is 9.78. The Labute approximate surface area is 350 Å². The Morgan fingerprint density at radius 3 is 1.57 bits per heavy atom. The van der Waals surface area contributed by atoms with E-state index in [0.29, 0.717) is 0 Å². The summed E-state index contributed by atoms with van der Waals surface area (Å²) in [6.45, 7) is 0. The van der Waals surface area contributed by atoms with E-state index in [2.05, 4.69) is 194 Å². The predicted octanol–water partition coefficient (Wildman–Crippen LogP) is 16.0. The van der Waals surface area contributed by atoms with E-state index in [1.165, 1.54) is 54.6 Å². The third-order valence-corrected chi connectivity index (χ3v) is 12.7. The maximum absolute atomic E-state index is 6.63. The van der Waals surface area contributed by atoms with Crippen molar-refractivity contribution in [2.24, 2.45) is 0 Å². The highest BCUT2D eigenvalue weighted by molar-refractivity contribution is 6.25. The summed E-state index contributed by atoms with van der Waals surface area (Å²) in [6, 6.07) is 71.9. The minimum atomic E-state index is 0.821. The molecular formula is C58H34N2O. The van der Waals surface area contributed by atoms with Crippen LogP contribution in [0.4, 0.5) is 0 Å². The maximum atomic E-state index is 6.63. The van der Waals surface area contributed by atoms with Crippen molar-refractivity contribution in [2.75, 3.05) is 0 Å². The van der Waals surface area contributed by atoms with Crippen LogP contribution in [-0.2, 0) is 0 Å². The second-order valence-electron chi connectivity index (χ2n) is 16.1. The Kier molecular flexibility index (Phi) is 7.31. The average Bonchev–Trinajstić information content (AvgIpc) is 3.73. The van der Waals surface area contributed by atoms with E-state index in [0.717, 1.165) is 76.9 Å². The summed E-state index contributed by atoms with van der Waals surface area (Å²) < 4.78 is 6.63. The molecule has 0 aliphatic rings. The largest absolute Gasteiger partial charge is 0.455 e. The zero-order valence-electron chi connectivity index (χ0n) is 32.9. The molecule has 2 heterocycles. The van der Waals surface area contributed by atoms with Crippen molar-refractivity contribution in [3.63, 3.8) is 0 Å². The Hall–Kier alpha value is -8.14. The van der Waals surface area contributed by atoms with E-state index in [9.17, 15) is 0 Å². The van der Waals surface area contributed by atoms with Gasteiger partial charge in [0.05, 0.1) is 22.9 Å². The van der Waals surface area contributed by atoms with E-state index < -0.39 is 0 Å². The highest BCUT2D eigenvalue weighted by Crippen LogP contribution is 2.43. The second kappa shape index (κ2) is 13.2. The third-order valence-electron chi connectivity index (χ3n) is 12.7. The number of nitrogens with zero attached hydrogens (tertiary/aromatic N) is 2. The van der Waals surface area contributed by atoms with Crippen molar-refractivity contribution in [3.05, 3.63) is 206 Å². The highest BCUT2D eigenvalue weighted by Gasteiger charge is 2.19. The first kappa shape index (κ1) is 33.8. The molecule has 0 bridgehead atoms. The van der Waals surface area contributed by atoms with Crippen molar-refractivity contribution >= 4 is 86.8 Å². The smallest absolute Gasteiger partial charge is 0.143 e. The number of hydrogen-bond acceptors (Lipinski definition) is 3. The normalized spacial score (nSPS) is 11.9. The number of fused-ring (bicyclic) bond motifs is 13.